The molecule has 1 unspecified atom stereocenters. The molecule has 1 atom stereocenters. The molecular weight excluding hydrogens is 254 g/mol. The smallest absolute Gasteiger partial charge is 0.0236 e. The van der Waals surface area contributed by atoms with Crippen LogP contribution in [0, 0.1) is 11.3 Å². The van der Waals surface area contributed by atoms with Gasteiger partial charge in [0.25, 0.3) is 0 Å². The molecule has 1 heteroatoms. The molecule has 0 radical (unpaired) electrons. The van der Waals surface area contributed by atoms with E-state index < -0.39 is 0 Å². The fraction of sp³-hybridized carbons (Fsp3) is 0.600. The van der Waals surface area contributed by atoms with Crippen LogP contribution in [-0.2, 0) is 0 Å². The van der Waals surface area contributed by atoms with Gasteiger partial charge in [0.15, 0.2) is 0 Å². The highest BCUT2D eigenvalue weighted by molar-refractivity contribution is 5.44. The van der Waals surface area contributed by atoms with Gasteiger partial charge in [0.2, 0.25) is 0 Å². The summed E-state index contributed by atoms with van der Waals surface area (Å²) in [6.45, 7) is 16.5. The Morgan fingerprint density at radius 2 is 2.19 bits per heavy atom. The minimum atomic E-state index is 0.575. The van der Waals surface area contributed by atoms with E-state index in [9.17, 15) is 0 Å². The molecule has 21 heavy (non-hydrogen) atoms. The fourth-order valence-electron chi connectivity index (χ4n) is 3.61. The number of rotatable bonds is 5. The van der Waals surface area contributed by atoms with Gasteiger partial charge in [-0.15, -0.1) is 0 Å². The molecule has 0 N–H and O–H groups in total. The third-order valence-corrected chi connectivity index (χ3v) is 4.98. The highest BCUT2D eigenvalue weighted by Gasteiger charge is 2.34. The summed E-state index contributed by atoms with van der Waals surface area (Å²) < 4.78 is 0. The number of nitrogens with zero attached hydrogens (tertiary/aromatic N) is 1. The highest BCUT2D eigenvalue weighted by atomic mass is 15.1. The van der Waals surface area contributed by atoms with Crippen molar-refractivity contribution in [3.05, 3.63) is 47.6 Å². The predicted molar refractivity (Wildman–Crippen MR) is 93.4 cm³/mol. The van der Waals surface area contributed by atoms with E-state index in [1.165, 1.54) is 49.1 Å². The molecule has 1 aliphatic heterocycles. The van der Waals surface area contributed by atoms with Crippen LogP contribution < -0.4 is 0 Å². The zero-order valence-corrected chi connectivity index (χ0v) is 14.3. The molecule has 1 saturated carbocycles. The normalized spacial score (nSPS) is 27.0. The van der Waals surface area contributed by atoms with E-state index >= 15 is 0 Å². The first kappa shape index (κ1) is 16.3. The van der Waals surface area contributed by atoms with Crippen LogP contribution in [0.2, 0.25) is 0 Å². The van der Waals surface area contributed by atoms with Gasteiger partial charge in [-0.05, 0) is 49.2 Å². The molecule has 0 aromatic rings. The highest BCUT2D eigenvalue weighted by Crippen LogP contribution is 2.41. The Bertz CT molecular complexity index is 474. The molecule has 0 saturated heterocycles. The summed E-state index contributed by atoms with van der Waals surface area (Å²) in [4.78, 5) is 2.67. The van der Waals surface area contributed by atoms with Crippen molar-refractivity contribution in [2.45, 2.75) is 47.0 Å². The van der Waals surface area contributed by atoms with E-state index in [0.29, 0.717) is 11.3 Å². The summed E-state index contributed by atoms with van der Waals surface area (Å²) in [7, 11) is 0. The van der Waals surface area contributed by atoms with Crippen LogP contribution in [-0.4, -0.2) is 24.5 Å². The summed E-state index contributed by atoms with van der Waals surface area (Å²) in [6.07, 6.45) is 13.1. The Hall–Kier alpha value is -1.08. The fourth-order valence-corrected chi connectivity index (χ4v) is 3.61. The molecule has 2 rings (SSSR count). The van der Waals surface area contributed by atoms with E-state index in [-0.39, 0.29) is 0 Å². The lowest BCUT2D eigenvalue weighted by atomic mass is 9.70. The molecule has 0 amide bonds. The average molecular weight is 285 g/mol. The van der Waals surface area contributed by atoms with E-state index in [4.69, 9.17) is 0 Å². The van der Waals surface area contributed by atoms with Crippen LogP contribution in [0.1, 0.15) is 47.0 Å². The Balaban J connectivity index is 2.10. The number of allylic oxidation sites excluding steroid dienone is 4. The van der Waals surface area contributed by atoms with Crippen LogP contribution in [0.5, 0.6) is 0 Å². The van der Waals surface area contributed by atoms with Crippen molar-refractivity contribution in [2.24, 2.45) is 11.3 Å². The number of hydrogen-bond acceptors (Lipinski definition) is 1. The zero-order valence-electron chi connectivity index (χ0n) is 14.3. The largest absolute Gasteiger partial charge is 0.298 e. The second-order valence-electron chi connectivity index (χ2n) is 7.34. The molecule has 116 valence electrons. The van der Waals surface area contributed by atoms with Gasteiger partial charge in [-0.1, -0.05) is 56.7 Å². The summed E-state index contributed by atoms with van der Waals surface area (Å²) in [6, 6.07) is 0. The molecule has 0 spiro atoms. The second-order valence-corrected chi connectivity index (χ2v) is 7.34. The molecule has 0 aromatic carbocycles. The SMILES string of the molecule is C=C/C(C)=C\C(=C/C)C1=CC(C)CN(CC2(C)CCC2)C1. The van der Waals surface area contributed by atoms with Gasteiger partial charge in [-0.25, -0.2) is 0 Å². The maximum Gasteiger partial charge on any atom is 0.0236 e. The second kappa shape index (κ2) is 6.79. The summed E-state index contributed by atoms with van der Waals surface area (Å²) in [5.41, 5.74) is 4.66. The van der Waals surface area contributed by atoms with E-state index in [2.05, 4.69) is 57.4 Å². The average Bonchev–Trinajstić information content (AvgIpc) is 2.42. The van der Waals surface area contributed by atoms with E-state index in [1.807, 2.05) is 6.08 Å². The molecule has 1 fully saturated rings. The Kier molecular flexibility index (Phi) is 5.27. The van der Waals surface area contributed by atoms with Crippen molar-refractivity contribution >= 4 is 0 Å². The maximum atomic E-state index is 3.86. The quantitative estimate of drug-likeness (QED) is 0.633. The van der Waals surface area contributed by atoms with Crippen molar-refractivity contribution < 1.29 is 0 Å². The van der Waals surface area contributed by atoms with Crippen molar-refractivity contribution in [1.29, 1.82) is 0 Å². The molecule has 2 aliphatic rings. The van der Waals surface area contributed by atoms with Crippen molar-refractivity contribution in [3.8, 4) is 0 Å². The Morgan fingerprint density at radius 3 is 2.71 bits per heavy atom. The monoisotopic (exact) mass is 285 g/mol. The Labute approximate surface area is 131 Å². The molecular formula is C20H31N. The van der Waals surface area contributed by atoms with Gasteiger partial charge in [-0.2, -0.15) is 0 Å². The Morgan fingerprint density at radius 1 is 1.48 bits per heavy atom. The van der Waals surface area contributed by atoms with Crippen LogP contribution in [0.15, 0.2) is 47.6 Å². The van der Waals surface area contributed by atoms with Crippen molar-refractivity contribution in [1.82, 2.24) is 4.90 Å². The summed E-state index contributed by atoms with van der Waals surface area (Å²) in [5.74, 6) is 0.643. The summed E-state index contributed by atoms with van der Waals surface area (Å²) in [5, 5.41) is 0. The summed E-state index contributed by atoms with van der Waals surface area (Å²) >= 11 is 0. The third kappa shape index (κ3) is 4.20. The first-order valence-corrected chi connectivity index (χ1v) is 8.36. The third-order valence-electron chi connectivity index (χ3n) is 4.98. The maximum absolute atomic E-state index is 3.86. The van der Waals surface area contributed by atoms with Crippen LogP contribution in [0.25, 0.3) is 0 Å². The first-order chi connectivity index (χ1) is 9.95. The standard InChI is InChI=1S/C20H31N/c1-6-16(3)11-18(7-2)19-12-17(4)13-21(14-19)15-20(5)9-8-10-20/h6-7,11-12,17H,1,8-10,13-15H2,2-5H3/b16-11-,18-7+. The first-order valence-electron chi connectivity index (χ1n) is 8.36. The van der Waals surface area contributed by atoms with Gasteiger partial charge in [0.1, 0.15) is 0 Å². The van der Waals surface area contributed by atoms with Crippen LogP contribution >= 0.6 is 0 Å². The van der Waals surface area contributed by atoms with Crippen molar-refractivity contribution in [2.75, 3.05) is 19.6 Å². The van der Waals surface area contributed by atoms with E-state index in [0.717, 1.165) is 6.54 Å². The lowest BCUT2D eigenvalue weighted by molar-refractivity contribution is 0.0828. The molecule has 1 heterocycles. The molecule has 1 aliphatic carbocycles. The van der Waals surface area contributed by atoms with Gasteiger partial charge in [0, 0.05) is 19.6 Å². The van der Waals surface area contributed by atoms with Crippen molar-refractivity contribution in [3.63, 3.8) is 0 Å². The zero-order chi connectivity index (χ0) is 15.5. The van der Waals surface area contributed by atoms with E-state index in [1.54, 1.807) is 0 Å². The molecule has 0 bridgehead atoms. The van der Waals surface area contributed by atoms with Crippen LogP contribution in [0.4, 0.5) is 0 Å². The van der Waals surface area contributed by atoms with Crippen LogP contribution in [0.3, 0.4) is 0 Å². The predicted octanol–water partition coefficient (Wildman–Crippen LogP) is 5.13. The lowest BCUT2D eigenvalue weighted by Gasteiger charge is -2.44. The van der Waals surface area contributed by atoms with Gasteiger partial charge < -0.3 is 0 Å². The minimum absolute atomic E-state index is 0.575. The van der Waals surface area contributed by atoms with Gasteiger partial charge in [0.05, 0.1) is 0 Å². The van der Waals surface area contributed by atoms with Gasteiger partial charge >= 0.3 is 0 Å². The van der Waals surface area contributed by atoms with Gasteiger partial charge in [-0.3, -0.25) is 4.90 Å². The minimum Gasteiger partial charge on any atom is -0.298 e. The topological polar surface area (TPSA) is 3.24 Å². The molecule has 1 nitrogen and oxygen atoms in total. The molecule has 0 aromatic heterocycles. The number of hydrogen-bond donors (Lipinski definition) is 0. The lowest BCUT2D eigenvalue weighted by Crippen LogP contribution is -2.44.